The first kappa shape index (κ1) is 7.90. The summed E-state index contributed by atoms with van der Waals surface area (Å²) in [4.78, 5) is 0. The number of hydrogen-bond acceptors (Lipinski definition) is 2. The van der Waals surface area contributed by atoms with Crippen LogP contribution in [0, 0.1) is 0 Å². The molecule has 0 aliphatic heterocycles. The van der Waals surface area contributed by atoms with Crippen molar-refractivity contribution in [3.05, 3.63) is 28.6 Å². The van der Waals surface area contributed by atoms with Crippen LogP contribution in [0.1, 0.15) is 0 Å². The number of fused-ring (bicyclic) bond motifs is 1. The fourth-order valence-electron chi connectivity index (χ4n) is 1.25. The Morgan fingerprint density at radius 1 is 1.42 bits per heavy atom. The predicted molar refractivity (Wildman–Crippen MR) is 56.4 cm³/mol. The molecule has 0 bridgehead atoms. The highest BCUT2D eigenvalue weighted by molar-refractivity contribution is 7.22. The SMILES string of the molecule is CNc1cccc2sc(Cl)cc12. The minimum atomic E-state index is 0.840. The molecule has 12 heavy (non-hydrogen) atoms. The van der Waals surface area contributed by atoms with Crippen LogP contribution >= 0.6 is 22.9 Å². The molecule has 0 aliphatic rings. The summed E-state index contributed by atoms with van der Waals surface area (Å²) in [6.07, 6.45) is 0. The number of halogens is 1. The first-order chi connectivity index (χ1) is 5.81. The second kappa shape index (κ2) is 2.96. The fourth-order valence-corrected chi connectivity index (χ4v) is 2.42. The van der Waals surface area contributed by atoms with Gasteiger partial charge in [0.1, 0.15) is 0 Å². The van der Waals surface area contributed by atoms with Gasteiger partial charge in [0.15, 0.2) is 0 Å². The van der Waals surface area contributed by atoms with Crippen molar-refractivity contribution < 1.29 is 0 Å². The first-order valence-corrected chi connectivity index (χ1v) is 4.86. The molecule has 1 nitrogen and oxygen atoms in total. The van der Waals surface area contributed by atoms with E-state index >= 15 is 0 Å². The number of rotatable bonds is 1. The molecule has 0 fully saturated rings. The summed E-state index contributed by atoms with van der Waals surface area (Å²) >= 11 is 7.51. The maximum Gasteiger partial charge on any atom is 0.0941 e. The van der Waals surface area contributed by atoms with E-state index in [1.54, 1.807) is 11.3 Å². The van der Waals surface area contributed by atoms with Crippen molar-refractivity contribution in [2.75, 3.05) is 12.4 Å². The van der Waals surface area contributed by atoms with Crippen LogP contribution < -0.4 is 5.32 Å². The molecule has 3 heteroatoms. The van der Waals surface area contributed by atoms with E-state index in [0.29, 0.717) is 0 Å². The van der Waals surface area contributed by atoms with Crippen LogP contribution in [0.25, 0.3) is 10.1 Å². The van der Waals surface area contributed by atoms with Gasteiger partial charge in [0.25, 0.3) is 0 Å². The molecule has 0 saturated heterocycles. The standard InChI is InChI=1S/C9H8ClNS/c1-11-7-3-2-4-8-6(7)5-9(10)12-8/h2-5,11H,1H3. The lowest BCUT2D eigenvalue weighted by Gasteiger charge is -1.99. The second-order valence-corrected chi connectivity index (χ2v) is 4.23. The Morgan fingerprint density at radius 3 is 3.00 bits per heavy atom. The molecule has 62 valence electrons. The molecule has 0 saturated carbocycles. The zero-order valence-corrected chi connectivity index (χ0v) is 8.17. The monoisotopic (exact) mass is 197 g/mol. The van der Waals surface area contributed by atoms with Gasteiger partial charge in [0, 0.05) is 22.8 Å². The van der Waals surface area contributed by atoms with Gasteiger partial charge >= 0.3 is 0 Å². The molecule has 0 spiro atoms. The maximum absolute atomic E-state index is 5.90. The number of anilines is 1. The largest absolute Gasteiger partial charge is 0.388 e. The van der Waals surface area contributed by atoms with Crippen molar-refractivity contribution in [2.45, 2.75) is 0 Å². The second-order valence-electron chi connectivity index (χ2n) is 2.52. The van der Waals surface area contributed by atoms with Crippen LogP contribution in [0.15, 0.2) is 24.3 Å². The van der Waals surface area contributed by atoms with E-state index in [0.717, 1.165) is 10.0 Å². The van der Waals surface area contributed by atoms with Crippen molar-refractivity contribution in [1.82, 2.24) is 0 Å². The Hall–Kier alpha value is -0.730. The van der Waals surface area contributed by atoms with E-state index in [4.69, 9.17) is 11.6 Å². The third-order valence-corrected chi connectivity index (χ3v) is 3.03. The zero-order valence-electron chi connectivity index (χ0n) is 6.60. The average molecular weight is 198 g/mol. The van der Waals surface area contributed by atoms with Crippen molar-refractivity contribution in [3.63, 3.8) is 0 Å². The molecule has 0 unspecified atom stereocenters. The quantitative estimate of drug-likeness (QED) is 0.737. The van der Waals surface area contributed by atoms with Gasteiger partial charge in [0.2, 0.25) is 0 Å². The van der Waals surface area contributed by atoms with Gasteiger partial charge in [-0.15, -0.1) is 11.3 Å². The molecule has 0 radical (unpaired) electrons. The number of nitrogens with one attached hydrogen (secondary N) is 1. The summed E-state index contributed by atoms with van der Waals surface area (Å²) in [5.74, 6) is 0. The summed E-state index contributed by atoms with van der Waals surface area (Å²) in [6.45, 7) is 0. The molecule has 0 amide bonds. The summed E-state index contributed by atoms with van der Waals surface area (Å²) < 4.78 is 2.07. The van der Waals surface area contributed by atoms with Crippen LogP contribution in [0.5, 0.6) is 0 Å². The number of benzene rings is 1. The molecule has 2 aromatic rings. The van der Waals surface area contributed by atoms with Crippen LogP contribution in [-0.4, -0.2) is 7.05 Å². The fraction of sp³-hybridized carbons (Fsp3) is 0.111. The van der Waals surface area contributed by atoms with Gasteiger partial charge in [0.05, 0.1) is 4.34 Å². The van der Waals surface area contributed by atoms with Crippen LogP contribution in [0.4, 0.5) is 5.69 Å². The van der Waals surface area contributed by atoms with Gasteiger partial charge in [-0.25, -0.2) is 0 Å². The van der Waals surface area contributed by atoms with E-state index < -0.39 is 0 Å². The van der Waals surface area contributed by atoms with E-state index in [1.807, 2.05) is 25.2 Å². The smallest absolute Gasteiger partial charge is 0.0941 e. The van der Waals surface area contributed by atoms with Gasteiger partial charge < -0.3 is 5.32 Å². The van der Waals surface area contributed by atoms with Crippen LogP contribution in [0.3, 0.4) is 0 Å². The number of hydrogen-bond donors (Lipinski definition) is 1. The zero-order chi connectivity index (χ0) is 8.55. The molecule has 0 atom stereocenters. The third-order valence-electron chi connectivity index (χ3n) is 1.80. The highest BCUT2D eigenvalue weighted by atomic mass is 35.5. The predicted octanol–water partition coefficient (Wildman–Crippen LogP) is 3.60. The Labute approximate surface area is 80.0 Å². The Kier molecular flexibility index (Phi) is 1.95. The highest BCUT2D eigenvalue weighted by Gasteiger charge is 2.02. The lowest BCUT2D eigenvalue weighted by atomic mass is 10.2. The van der Waals surface area contributed by atoms with E-state index in [1.165, 1.54) is 10.1 Å². The van der Waals surface area contributed by atoms with Crippen molar-refractivity contribution in [2.24, 2.45) is 0 Å². The minimum Gasteiger partial charge on any atom is -0.388 e. The molecule has 0 aliphatic carbocycles. The molecule has 2 rings (SSSR count). The van der Waals surface area contributed by atoms with E-state index in [-0.39, 0.29) is 0 Å². The van der Waals surface area contributed by atoms with Crippen LogP contribution in [-0.2, 0) is 0 Å². The third kappa shape index (κ3) is 1.17. The van der Waals surface area contributed by atoms with Gasteiger partial charge in [-0.3, -0.25) is 0 Å². The first-order valence-electron chi connectivity index (χ1n) is 3.67. The van der Waals surface area contributed by atoms with Crippen molar-refractivity contribution in [1.29, 1.82) is 0 Å². The Bertz CT molecular complexity index is 408. The van der Waals surface area contributed by atoms with Gasteiger partial charge in [-0.1, -0.05) is 17.7 Å². The summed E-state index contributed by atoms with van der Waals surface area (Å²) in [5.41, 5.74) is 1.13. The maximum atomic E-state index is 5.90. The number of thiophene rings is 1. The van der Waals surface area contributed by atoms with E-state index in [2.05, 4.69) is 11.4 Å². The highest BCUT2D eigenvalue weighted by Crippen LogP contribution is 2.33. The minimum absolute atomic E-state index is 0.840. The van der Waals surface area contributed by atoms with Gasteiger partial charge in [-0.05, 0) is 18.2 Å². The Balaban J connectivity index is 2.78. The average Bonchev–Trinajstić information content (AvgIpc) is 2.44. The molecule has 1 heterocycles. The van der Waals surface area contributed by atoms with E-state index in [9.17, 15) is 0 Å². The van der Waals surface area contributed by atoms with Crippen LogP contribution in [0.2, 0.25) is 4.34 Å². The molecule has 1 aromatic heterocycles. The topological polar surface area (TPSA) is 12.0 Å². The summed E-state index contributed by atoms with van der Waals surface area (Å²) in [6, 6.07) is 8.15. The van der Waals surface area contributed by atoms with Gasteiger partial charge in [-0.2, -0.15) is 0 Å². The normalized spacial score (nSPS) is 10.5. The molecule has 1 aromatic carbocycles. The molecule has 1 N–H and O–H groups in total. The van der Waals surface area contributed by atoms with Crippen molar-refractivity contribution >= 4 is 38.7 Å². The lowest BCUT2D eigenvalue weighted by molar-refractivity contribution is 1.55. The summed E-state index contributed by atoms with van der Waals surface area (Å²) in [7, 11) is 1.92. The molecular formula is C9H8ClNS. The lowest BCUT2D eigenvalue weighted by Crippen LogP contribution is -1.86. The Morgan fingerprint density at radius 2 is 2.25 bits per heavy atom. The van der Waals surface area contributed by atoms with Crippen molar-refractivity contribution in [3.8, 4) is 0 Å². The molecular weight excluding hydrogens is 190 g/mol. The summed E-state index contributed by atoms with van der Waals surface area (Å²) in [5, 5.41) is 4.34.